The number of nitrogen functional groups attached to an aromatic ring is 1. The highest BCUT2D eigenvalue weighted by atomic mass is 16.5. The van der Waals surface area contributed by atoms with E-state index < -0.39 is 0 Å². The number of hydrogen-bond acceptors (Lipinski definition) is 4. The van der Waals surface area contributed by atoms with Gasteiger partial charge in [0.15, 0.2) is 0 Å². The minimum Gasteiger partial charge on any atom is -0.439 e. The Morgan fingerprint density at radius 2 is 1.89 bits per heavy atom. The molecule has 18 heavy (non-hydrogen) atoms. The molecule has 94 valence electrons. The van der Waals surface area contributed by atoms with Gasteiger partial charge in [-0.3, -0.25) is 0 Å². The summed E-state index contributed by atoms with van der Waals surface area (Å²) in [6, 6.07) is 9.44. The van der Waals surface area contributed by atoms with Gasteiger partial charge < -0.3 is 10.5 Å². The Balaban J connectivity index is 2.20. The third-order valence-electron chi connectivity index (χ3n) is 2.49. The number of aryl methyl sites for hydroxylation is 2. The molecule has 0 aliphatic rings. The van der Waals surface area contributed by atoms with E-state index in [0.717, 1.165) is 24.4 Å². The first-order valence-corrected chi connectivity index (χ1v) is 6.05. The van der Waals surface area contributed by atoms with Crippen molar-refractivity contribution in [2.45, 2.75) is 26.7 Å². The lowest BCUT2D eigenvalue weighted by molar-refractivity contribution is 0.458. The lowest BCUT2D eigenvalue weighted by Gasteiger charge is -2.07. The molecule has 4 heteroatoms. The molecule has 2 rings (SSSR count). The summed E-state index contributed by atoms with van der Waals surface area (Å²) >= 11 is 0. The van der Waals surface area contributed by atoms with E-state index in [1.54, 1.807) is 6.07 Å². The summed E-state index contributed by atoms with van der Waals surface area (Å²) in [7, 11) is 0. The molecule has 0 unspecified atom stereocenters. The van der Waals surface area contributed by atoms with Crippen LogP contribution in [0.5, 0.6) is 11.6 Å². The molecule has 2 N–H and O–H groups in total. The van der Waals surface area contributed by atoms with Crippen molar-refractivity contribution in [3.05, 3.63) is 41.7 Å². The van der Waals surface area contributed by atoms with E-state index in [-0.39, 0.29) is 0 Å². The molecular formula is C14H17N3O. The van der Waals surface area contributed by atoms with Gasteiger partial charge in [-0.25, -0.2) is 4.98 Å². The zero-order chi connectivity index (χ0) is 13.0. The highest BCUT2D eigenvalue weighted by molar-refractivity contribution is 5.36. The van der Waals surface area contributed by atoms with Gasteiger partial charge in [-0.2, -0.15) is 4.98 Å². The molecule has 0 amide bonds. The Labute approximate surface area is 107 Å². The minimum absolute atomic E-state index is 0.440. The maximum absolute atomic E-state index is 5.74. The van der Waals surface area contributed by atoms with Crippen molar-refractivity contribution in [2.75, 3.05) is 5.73 Å². The van der Waals surface area contributed by atoms with Gasteiger partial charge >= 0.3 is 0 Å². The van der Waals surface area contributed by atoms with Crippen LogP contribution in [0.25, 0.3) is 0 Å². The van der Waals surface area contributed by atoms with Crippen LogP contribution in [0.1, 0.15) is 24.7 Å². The van der Waals surface area contributed by atoms with Gasteiger partial charge in [0, 0.05) is 12.5 Å². The molecule has 0 aliphatic heterocycles. The largest absolute Gasteiger partial charge is 0.439 e. The van der Waals surface area contributed by atoms with Gasteiger partial charge in [0.05, 0.1) is 0 Å². The molecule has 0 fully saturated rings. The van der Waals surface area contributed by atoms with E-state index in [1.165, 1.54) is 5.56 Å². The standard InChI is InChI=1S/C14H17N3O/c1-3-4-13-16-12(15)9-14(17-13)18-11-7-5-10(2)6-8-11/h5-9H,3-4H2,1-2H3,(H2,15,16,17). The Morgan fingerprint density at radius 1 is 1.17 bits per heavy atom. The second kappa shape index (κ2) is 5.49. The van der Waals surface area contributed by atoms with Crippen molar-refractivity contribution in [3.8, 4) is 11.6 Å². The predicted octanol–water partition coefficient (Wildman–Crippen LogP) is 3.11. The molecule has 2 aromatic rings. The summed E-state index contributed by atoms with van der Waals surface area (Å²) in [6.45, 7) is 4.11. The molecule has 1 aromatic heterocycles. The number of rotatable bonds is 4. The van der Waals surface area contributed by atoms with Crippen molar-refractivity contribution < 1.29 is 4.74 Å². The SMILES string of the molecule is CCCc1nc(N)cc(Oc2ccc(C)cc2)n1. The van der Waals surface area contributed by atoms with Crippen LogP contribution in [0, 0.1) is 6.92 Å². The molecule has 0 spiro atoms. The van der Waals surface area contributed by atoms with Gasteiger partial charge in [-0.1, -0.05) is 24.6 Å². The van der Waals surface area contributed by atoms with Crippen LogP contribution in [0.4, 0.5) is 5.82 Å². The fourth-order valence-electron chi connectivity index (χ4n) is 1.61. The summed E-state index contributed by atoms with van der Waals surface area (Å²) in [4.78, 5) is 8.49. The van der Waals surface area contributed by atoms with Crippen molar-refractivity contribution in [2.24, 2.45) is 0 Å². The van der Waals surface area contributed by atoms with Crippen LogP contribution in [0.15, 0.2) is 30.3 Å². The van der Waals surface area contributed by atoms with E-state index in [0.29, 0.717) is 11.7 Å². The monoisotopic (exact) mass is 243 g/mol. The average molecular weight is 243 g/mol. The molecule has 0 atom stereocenters. The zero-order valence-corrected chi connectivity index (χ0v) is 10.7. The number of nitrogens with zero attached hydrogens (tertiary/aromatic N) is 2. The van der Waals surface area contributed by atoms with E-state index in [2.05, 4.69) is 16.9 Å². The minimum atomic E-state index is 0.440. The number of nitrogens with two attached hydrogens (primary N) is 1. The van der Waals surface area contributed by atoms with E-state index >= 15 is 0 Å². The lowest BCUT2D eigenvalue weighted by Crippen LogP contribution is -2.01. The Bertz CT molecular complexity index is 523. The molecule has 0 bridgehead atoms. The number of aromatic nitrogens is 2. The predicted molar refractivity (Wildman–Crippen MR) is 71.7 cm³/mol. The topological polar surface area (TPSA) is 61.0 Å². The first-order valence-electron chi connectivity index (χ1n) is 6.05. The van der Waals surface area contributed by atoms with E-state index in [9.17, 15) is 0 Å². The molecule has 4 nitrogen and oxygen atoms in total. The van der Waals surface area contributed by atoms with Crippen LogP contribution < -0.4 is 10.5 Å². The Kier molecular flexibility index (Phi) is 3.77. The molecule has 0 radical (unpaired) electrons. The second-order valence-corrected chi connectivity index (χ2v) is 4.21. The Hall–Kier alpha value is -2.10. The summed E-state index contributed by atoms with van der Waals surface area (Å²) in [5.41, 5.74) is 6.93. The van der Waals surface area contributed by atoms with Crippen molar-refractivity contribution in [3.63, 3.8) is 0 Å². The molecule has 0 aliphatic carbocycles. The van der Waals surface area contributed by atoms with Crippen LogP contribution in [0.2, 0.25) is 0 Å². The van der Waals surface area contributed by atoms with E-state index in [4.69, 9.17) is 10.5 Å². The van der Waals surface area contributed by atoms with Crippen LogP contribution in [-0.2, 0) is 6.42 Å². The molecule has 0 saturated heterocycles. The summed E-state index contributed by atoms with van der Waals surface area (Å²) < 4.78 is 5.67. The number of hydrogen-bond donors (Lipinski definition) is 1. The molecule has 1 aromatic carbocycles. The zero-order valence-electron chi connectivity index (χ0n) is 10.7. The van der Waals surface area contributed by atoms with Crippen LogP contribution >= 0.6 is 0 Å². The van der Waals surface area contributed by atoms with Gasteiger partial charge in [0.2, 0.25) is 5.88 Å². The highest BCUT2D eigenvalue weighted by Crippen LogP contribution is 2.21. The van der Waals surface area contributed by atoms with Gasteiger partial charge in [-0.05, 0) is 25.5 Å². The summed E-state index contributed by atoms with van der Waals surface area (Å²) in [5.74, 6) is 2.41. The van der Waals surface area contributed by atoms with Crippen LogP contribution in [-0.4, -0.2) is 9.97 Å². The number of anilines is 1. The maximum Gasteiger partial charge on any atom is 0.224 e. The van der Waals surface area contributed by atoms with Crippen LogP contribution in [0.3, 0.4) is 0 Å². The second-order valence-electron chi connectivity index (χ2n) is 4.21. The fraction of sp³-hybridized carbons (Fsp3) is 0.286. The summed E-state index contributed by atoms with van der Waals surface area (Å²) in [5, 5.41) is 0. The smallest absolute Gasteiger partial charge is 0.224 e. The normalized spacial score (nSPS) is 10.3. The van der Waals surface area contributed by atoms with E-state index in [1.807, 2.05) is 31.2 Å². The first kappa shape index (κ1) is 12.4. The van der Waals surface area contributed by atoms with Crippen molar-refractivity contribution in [1.29, 1.82) is 0 Å². The lowest BCUT2D eigenvalue weighted by atomic mass is 10.2. The van der Waals surface area contributed by atoms with Crippen molar-refractivity contribution in [1.82, 2.24) is 9.97 Å². The molecular weight excluding hydrogens is 226 g/mol. The van der Waals surface area contributed by atoms with Crippen molar-refractivity contribution >= 4 is 5.82 Å². The molecule has 1 heterocycles. The fourth-order valence-corrected chi connectivity index (χ4v) is 1.61. The molecule has 0 saturated carbocycles. The average Bonchev–Trinajstić information content (AvgIpc) is 2.32. The van der Waals surface area contributed by atoms with Gasteiger partial charge in [0.25, 0.3) is 0 Å². The van der Waals surface area contributed by atoms with Gasteiger partial charge in [-0.15, -0.1) is 0 Å². The quantitative estimate of drug-likeness (QED) is 0.896. The number of ether oxygens (including phenoxy) is 1. The van der Waals surface area contributed by atoms with Gasteiger partial charge in [0.1, 0.15) is 17.4 Å². The maximum atomic E-state index is 5.74. The highest BCUT2D eigenvalue weighted by Gasteiger charge is 2.04. The third kappa shape index (κ3) is 3.20. The number of benzene rings is 1. The first-order chi connectivity index (χ1) is 8.67. The Morgan fingerprint density at radius 3 is 2.56 bits per heavy atom. The summed E-state index contributed by atoms with van der Waals surface area (Å²) in [6.07, 6.45) is 1.78. The third-order valence-corrected chi connectivity index (χ3v) is 2.49.